The molecule has 1 aliphatic heterocycles. The van der Waals surface area contributed by atoms with E-state index in [4.69, 9.17) is 0 Å². The van der Waals surface area contributed by atoms with Crippen LogP contribution in [0.1, 0.15) is 30.8 Å². The summed E-state index contributed by atoms with van der Waals surface area (Å²) in [6.07, 6.45) is 1.19. The second-order valence-electron chi connectivity index (χ2n) is 6.33. The van der Waals surface area contributed by atoms with Crippen LogP contribution in [0.5, 0.6) is 0 Å². The molecule has 2 heterocycles. The zero-order valence-electron chi connectivity index (χ0n) is 12.8. The molecule has 0 aliphatic carbocycles. The van der Waals surface area contributed by atoms with Crippen molar-refractivity contribution < 1.29 is 4.79 Å². The molecule has 2 atom stereocenters. The van der Waals surface area contributed by atoms with Crippen LogP contribution in [0.3, 0.4) is 0 Å². The summed E-state index contributed by atoms with van der Waals surface area (Å²) >= 11 is 3.42. The molecule has 0 bridgehead atoms. The molecule has 1 aromatic carbocycles. The molecule has 22 heavy (non-hydrogen) atoms. The predicted molar refractivity (Wildman–Crippen MR) is 90.6 cm³/mol. The number of hydrogen-bond acceptors (Lipinski definition) is 2. The molecule has 116 valence electrons. The summed E-state index contributed by atoms with van der Waals surface area (Å²) in [5.41, 5.74) is 2.37. The first kappa shape index (κ1) is 15.3. The van der Waals surface area contributed by atoms with Crippen LogP contribution in [0.15, 0.2) is 34.8 Å². The topological polar surface area (TPSA) is 49.0 Å². The van der Waals surface area contributed by atoms with Crippen molar-refractivity contribution in [1.82, 2.24) is 15.1 Å². The molecule has 3 rings (SSSR count). The van der Waals surface area contributed by atoms with Gasteiger partial charge in [0.05, 0.1) is 5.69 Å². The molecular formula is C17H20BrN3O. The van der Waals surface area contributed by atoms with Crippen LogP contribution in [0.2, 0.25) is 0 Å². The highest BCUT2D eigenvalue weighted by Crippen LogP contribution is 2.24. The highest BCUT2D eigenvalue weighted by Gasteiger charge is 2.27. The lowest BCUT2D eigenvalue weighted by atomic mass is 9.92. The number of carbonyl (C=O) groups is 1. The number of aromatic nitrogens is 2. The molecule has 1 aliphatic rings. The molecule has 0 saturated carbocycles. The van der Waals surface area contributed by atoms with Gasteiger partial charge in [0, 0.05) is 23.1 Å². The van der Waals surface area contributed by atoms with E-state index in [0.29, 0.717) is 17.5 Å². The Morgan fingerprint density at radius 1 is 1.23 bits per heavy atom. The van der Waals surface area contributed by atoms with E-state index in [1.807, 2.05) is 35.2 Å². The summed E-state index contributed by atoms with van der Waals surface area (Å²) in [4.78, 5) is 14.6. The lowest BCUT2D eigenvalue weighted by molar-refractivity contribution is 0.0617. The number of hydrogen-bond donors (Lipinski definition) is 1. The van der Waals surface area contributed by atoms with E-state index in [-0.39, 0.29) is 5.91 Å². The first-order chi connectivity index (χ1) is 10.5. The summed E-state index contributed by atoms with van der Waals surface area (Å²) in [7, 11) is 0. The second-order valence-corrected chi connectivity index (χ2v) is 7.25. The lowest BCUT2D eigenvalue weighted by Crippen LogP contribution is -2.42. The quantitative estimate of drug-likeness (QED) is 0.879. The first-order valence-electron chi connectivity index (χ1n) is 7.63. The van der Waals surface area contributed by atoms with Crippen LogP contribution in [0.4, 0.5) is 0 Å². The number of benzene rings is 1. The Balaban J connectivity index is 1.78. The maximum atomic E-state index is 12.6. The van der Waals surface area contributed by atoms with Crippen LogP contribution in [-0.2, 0) is 0 Å². The number of nitrogens with zero attached hydrogens (tertiary/aromatic N) is 2. The van der Waals surface area contributed by atoms with Gasteiger partial charge >= 0.3 is 0 Å². The van der Waals surface area contributed by atoms with Gasteiger partial charge in [0.25, 0.3) is 5.91 Å². The van der Waals surface area contributed by atoms with E-state index < -0.39 is 0 Å². The minimum Gasteiger partial charge on any atom is -0.337 e. The van der Waals surface area contributed by atoms with Crippen LogP contribution in [0, 0.1) is 11.8 Å². The highest BCUT2D eigenvalue weighted by molar-refractivity contribution is 9.10. The van der Waals surface area contributed by atoms with Gasteiger partial charge < -0.3 is 4.90 Å². The van der Waals surface area contributed by atoms with E-state index in [9.17, 15) is 4.79 Å². The Hall–Kier alpha value is -1.62. The molecular weight excluding hydrogens is 342 g/mol. The largest absolute Gasteiger partial charge is 0.337 e. The SMILES string of the molecule is CC1CC(C)CN(C(=O)c2cc(-c3ccc(Br)cc3)n[nH]2)C1. The fourth-order valence-corrected chi connectivity index (χ4v) is 3.46. The fraction of sp³-hybridized carbons (Fsp3) is 0.412. The number of rotatable bonds is 2. The van der Waals surface area contributed by atoms with E-state index in [2.05, 4.69) is 40.0 Å². The van der Waals surface area contributed by atoms with Gasteiger partial charge in [-0.25, -0.2) is 0 Å². The van der Waals surface area contributed by atoms with Crippen LogP contribution in [-0.4, -0.2) is 34.1 Å². The minimum absolute atomic E-state index is 0.0502. The third kappa shape index (κ3) is 3.24. The average Bonchev–Trinajstić information content (AvgIpc) is 2.96. The van der Waals surface area contributed by atoms with Gasteiger partial charge in [0.2, 0.25) is 0 Å². The van der Waals surface area contributed by atoms with E-state index >= 15 is 0 Å². The standard InChI is InChI=1S/C17H20BrN3O/c1-11-7-12(2)10-21(9-11)17(22)16-8-15(19-20-16)13-3-5-14(18)6-4-13/h3-6,8,11-12H,7,9-10H2,1-2H3,(H,19,20). The molecule has 1 fully saturated rings. The van der Waals surface area contributed by atoms with Gasteiger partial charge in [-0.05, 0) is 36.5 Å². The summed E-state index contributed by atoms with van der Waals surface area (Å²) in [6, 6.07) is 9.76. The number of likely N-dealkylation sites (tertiary alicyclic amines) is 1. The van der Waals surface area contributed by atoms with Crippen molar-refractivity contribution in [1.29, 1.82) is 0 Å². The second kappa shape index (κ2) is 6.24. The summed E-state index contributed by atoms with van der Waals surface area (Å²) in [5, 5.41) is 7.17. The third-order valence-corrected chi connectivity index (χ3v) is 4.63. The van der Waals surface area contributed by atoms with E-state index in [0.717, 1.165) is 28.8 Å². The highest BCUT2D eigenvalue weighted by atomic mass is 79.9. The third-order valence-electron chi connectivity index (χ3n) is 4.10. The van der Waals surface area contributed by atoms with Gasteiger partial charge in [-0.2, -0.15) is 5.10 Å². The number of amides is 1. The summed E-state index contributed by atoms with van der Waals surface area (Å²) < 4.78 is 1.03. The normalized spacial score (nSPS) is 21.9. The Morgan fingerprint density at radius 3 is 2.50 bits per heavy atom. The van der Waals surface area contributed by atoms with Crippen molar-refractivity contribution in [3.8, 4) is 11.3 Å². The van der Waals surface area contributed by atoms with Crippen LogP contribution < -0.4 is 0 Å². The van der Waals surface area contributed by atoms with Crippen molar-refractivity contribution in [2.75, 3.05) is 13.1 Å². The first-order valence-corrected chi connectivity index (χ1v) is 8.43. The molecule has 4 nitrogen and oxygen atoms in total. The van der Waals surface area contributed by atoms with Gasteiger partial charge in [-0.1, -0.05) is 41.9 Å². The number of halogens is 1. The molecule has 2 unspecified atom stereocenters. The molecule has 0 spiro atoms. The average molecular weight is 362 g/mol. The van der Waals surface area contributed by atoms with Crippen molar-refractivity contribution in [3.63, 3.8) is 0 Å². The Bertz CT molecular complexity index is 655. The summed E-state index contributed by atoms with van der Waals surface area (Å²) in [5.74, 6) is 1.16. The Labute approximate surface area is 139 Å². The van der Waals surface area contributed by atoms with Gasteiger partial charge in [0.1, 0.15) is 5.69 Å². The number of nitrogens with one attached hydrogen (secondary N) is 1. The Morgan fingerprint density at radius 2 is 1.86 bits per heavy atom. The van der Waals surface area contributed by atoms with Gasteiger partial charge in [-0.3, -0.25) is 9.89 Å². The minimum atomic E-state index is 0.0502. The fourth-order valence-electron chi connectivity index (χ4n) is 3.20. The lowest BCUT2D eigenvalue weighted by Gasteiger charge is -2.34. The van der Waals surface area contributed by atoms with E-state index in [1.54, 1.807) is 0 Å². The van der Waals surface area contributed by atoms with Gasteiger partial charge in [-0.15, -0.1) is 0 Å². The predicted octanol–water partition coefficient (Wildman–Crippen LogP) is 3.96. The Kier molecular flexibility index (Phi) is 4.34. The molecule has 1 saturated heterocycles. The number of aromatic amines is 1. The molecule has 2 aromatic rings. The summed E-state index contributed by atoms with van der Waals surface area (Å²) in [6.45, 7) is 6.07. The molecule has 5 heteroatoms. The maximum absolute atomic E-state index is 12.6. The molecule has 1 N–H and O–H groups in total. The maximum Gasteiger partial charge on any atom is 0.271 e. The van der Waals surface area contributed by atoms with Crippen LogP contribution >= 0.6 is 15.9 Å². The number of piperidine rings is 1. The smallest absolute Gasteiger partial charge is 0.271 e. The molecule has 1 amide bonds. The van der Waals surface area contributed by atoms with Crippen molar-refractivity contribution in [2.45, 2.75) is 20.3 Å². The van der Waals surface area contributed by atoms with E-state index in [1.165, 1.54) is 6.42 Å². The molecule has 0 radical (unpaired) electrons. The number of H-pyrrole nitrogens is 1. The van der Waals surface area contributed by atoms with Crippen molar-refractivity contribution in [2.24, 2.45) is 11.8 Å². The van der Waals surface area contributed by atoms with Crippen molar-refractivity contribution >= 4 is 21.8 Å². The molecule has 1 aromatic heterocycles. The van der Waals surface area contributed by atoms with Gasteiger partial charge in [0.15, 0.2) is 0 Å². The number of carbonyl (C=O) groups excluding carboxylic acids is 1. The van der Waals surface area contributed by atoms with Crippen molar-refractivity contribution in [3.05, 3.63) is 40.5 Å². The zero-order valence-corrected chi connectivity index (χ0v) is 14.4. The van der Waals surface area contributed by atoms with Crippen LogP contribution in [0.25, 0.3) is 11.3 Å². The zero-order chi connectivity index (χ0) is 15.7. The monoisotopic (exact) mass is 361 g/mol.